The van der Waals surface area contributed by atoms with Gasteiger partial charge in [0.15, 0.2) is 0 Å². The maximum atomic E-state index is 12.1. The molecule has 0 aliphatic rings. The summed E-state index contributed by atoms with van der Waals surface area (Å²) in [4.78, 5) is 28.2. The molecular weight excluding hydrogens is 276 g/mol. The minimum absolute atomic E-state index is 0.125. The Bertz CT molecular complexity index is 666. The molecule has 106 valence electrons. The summed E-state index contributed by atoms with van der Waals surface area (Å²) in [5.74, 6) is -0.365. The Morgan fingerprint density at radius 2 is 2.05 bits per heavy atom. The number of aryl methyl sites for hydroxylation is 1. The van der Waals surface area contributed by atoms with Gasteiger partial charge in [-0.2, -0.15) is 0 Å². The summed E-state index contributed by atoms with van der Waals surface area (Å²) in [5.41, 5.74) is 7.50. The molecule has 2 rings (SSSR count). The maximum Gasteiger partial charge on any atom is 0.263 e. The van der Waals surface area contributed by atoms with E-state index in [1.165, 1.54) is 18.3 Å². The predicted molar refractivity (Wildman–Crippen MR) is 79.8 cm³/mol. The third-order valence-electron chi connectivity index (χ3n) is 2.83. The lowest BCUT2D eigenvalue weighted by Gasteiger charge is -2.04. The third-order valence-corrected chi connectivity index (χ3v) is 3.94. The molecule has 2 aromatic heterocycles. The number of amides is 2. The minimum Gasteiger partial charge on any atom is -0.397 e. The summed E-state index contributed by atoms with van der Waals surface area (Å²) in [6.45, 7) is 4.12. The van der Waals surface area contributed by atoms with Crippen LogP contribution in [0.2, 0.25) is 0 Å². The first-order valence-electron chi connectivity index (χ1n) is 6.17. The fraction of sp³-hybridized carbons (Fsp3) is 0.308. The first kappa shape index (κ1) is 14.3. The van der Waals surface area contributed by atoms with Crippen LogP contribution in [0.25, 0.3) is 10.2 Å². The second kappa shape index (κ2) is 5.87. The van der Waals surface area contributed by atoms with E-state index in [9.17, 15) is 9.59 Å². The Labute approximate surface area is 120 Å². The Morgan fingerprint density at radius 1 is 1.35 bits per heavy atom. The molecule has 0 spiro atoms. The van der Waals surface area contributed by atoms with Crippen molar-refractivity contribution in [2.24, 2.45) is 0 Å². The number of nitrogens with one attached hydrogen (secondary N) is 2. The van der Waals surface area contributed by atoms with E-state index in [0.717, 1.165) is 15.8 Å². The molecule has 0 unspecified atom stereocenters. The maximum absolute atomic E-state index is 12.1. The number of aromatic nitrogens is 1. The first-order valence-corrected chi connectivity index (χ1v) is 6.98. The van der Waals surface area contributed by atoms with Crippen molar-refractivity contribution in [3.05, 3.63) is 22.7 Å². The number of carbonyl (C=O) groups excluding carboxylic acids is 2. The molecule has 2 aromatic rings. The van der Waals surface area contributed by atoms with E-state index in [-0.39, 0.29) is 11.8 Å². The number of hydrogen-bond donors (Lipinski definition) is 3. The highest BCUT2D eigenvalue weighted by Gasteiger charge is 2.17. The summed E-state index contributed by atoms with van der Waals surface area (Å²) in [6, 6.07) is 1.86. The molecule has 20 heavy (non-hydrogen) atoms. The third kappa shape index (κ3) is 2.88. The molecule has 2 amide bonds. The second-order valence-electron chi connectivity index (χ2n) is 4.39. The van der Waals surface area contributed by atoms with E-state index in [0.29, 0.717) is 23.7 Å². The number of nitrogen functional groups attached to an aromatic ring is 1. The van der Waals surface area contributed by atoms with Crippen molar-refractivity contribution in [2.75, 3.05) is 18.8 Å². The summed E-state index contributed by atoms with van der Waals surface area (Å²) in [6.07, 6.45) is 1.70. The zero-order valence-electron chi connectivity index (χ0n) is 11.3. The van der Waals surface area contributed by atoms with Gasteiger partial charge in [0.05, 0.1) is 5.69 Å². The highest BCUT2D eigenvalue weighted by atomic mass is 32.1. The lowest BCUT2D eigenvalue weighted by Crippen LogP contribution is -2.33. The SMILES string of the molecule is CC(=O)NCCNC(=O)c1sc2nccc(C)c2c1N. The molecule has 0 aliphatic heterocycles. The van der Waals surface area contributed by atoms with Crippen molar-refractivity contribution in [3.8, 4) is 0 Å². The van der Waals surface area contributed by atoms with Crippen LogP contribution in [0.1, 0.15) is 22.2 Å². The molecule has 0 aromatic carbocycles. The molecule has 0 atom stereocenters. The summed E-state index contributed by atoms with van der Waals surface area (Å²) in [7, 11) is 0. The number of fused-ring (bicyclic) bond motifs is 1. The topological polar surface area (TPSA) is 97.1 Å². The minimum atomic E-state index is -0.241. The van der Waals surface area contributed by atoms with Crippen LogP contribution >= 0.6 is 11.3 Å². The van der Waals surface area contributed by atoms with E-state index < -0.39 is 0 Å². The van der Waals surface area contributed by atoms with Crippen LogP contribution in [0.5, 0.6) is 0 Å². The van der Waals surface area contributed by atoms with Crippen LogP contribution in [0.4, 0.5) is 5.69 Å². The van der Waals surface area contributed by atoms with Gasteiger partial charge >= 0.3 is 0 Å². The van der Waals surface area contributed by atoms with Crippen LogP contribution in [-0.2, 0) is 4.79 Å². The van der Waals surface area contributed by atoms with Gasteiger partial charge in [0.1, 0.15) is 9.71 Å². The molecule has 0 saturated carbocycles. The quantitative estimate of drug-likeness (QED) is 0.734. The average Bonchev–Trinajstić information content (AvgIpc) is 2.73. The summed E-state index contributed by atoms with van der Waals surface area (Å²) < 4.78 is 0. The number of rotatable bonds is 4. The number of pyridine rings is 1. The number of thiophene rings is 1. The highest BCUT2D eigenvalue weighted by molar-refractivity contribution is 7.21. The van der Waals surface area contributed by atoms with Crippen molar-refractivity contribution < 1.29 is 9.59 Å². The molecule has 0 fully saturated rings. The van der Waals surface area contributed by atoms with Crippen LogP contribution in [0.3, 0.4) is 0 Å². The highest BCUT2D eigenvalue weighted by Crippen LogP contribution is 2.33. The Hall–Kier alpha value is -2.15. The van der Waals surface area contributed by atoms with Crippen molar-refractivity contribution >= 4 is 39.1 Å². The standard InChI is InChI=1S/C13H16N4O2S/c1-7-3-4-17-13-9(7)10(14)11(20-13)12(19)16-6-5-15-8(2)18/h3-4H,5-6,14H2,1-2H3,(H,15,18)(H,16,19). The molecule has 0 radical (unpaired) electrons. The number of nitrogens with two attached hydrogens (primary N) is 1. The van der Waals surface area contributed by atoms with Gasteiger partial charge < -0.3 is 16.4 Å². The summed E-state index contributed by atoms with van der Waals surface area (Å²) >= 11 is 1.28. The van der Waals surface area contributed by atoms with Crippen molar-refractivity contribution in [2.45, 2.75) is 13.8 Å². The molecule has 2 heterocycles. The molecular formula is C13H16N4O2S. The van der Waals surface area contributed by atoms with E-state index in [4.69, 9.17) is 5.73 Å². The Kier molecular flexibility index (Phi) is 4.19. The lowest BCUT2D eigenvalue weighted by atomic mass is 10.2. The van der Waals surface area contributed by atoms with Crippen molar-refractivity contribution in [1.29, 1.82) is 0 Å². The molecule has 0 saturated heterocycles. The number of nitrogens with zero attached hydrogens (tertiary/aromatic N) is 1. The zero-order valence-corrected chi connectivity index (χ0v) is 12.1. The first-order chi connectivity index (χ1) is 9.50. The average molecular weight is 292 g/mol. The predicted octanol–water partition coefficient (Wildman–Crippen LogP) is 1.05. The lowest BCUT2D eigenvalue weighted by molar-refractivity contribution is -0.118. The van der Waals surface area contributed by atoms with E-state index in [1.807, 2.05) is 13.0 Å². The van der Waals surface area contributed by atoms with Crippen molar-refractivity contribution in [1.82, 2.24) is 15.6 Å². The van der Waals surface area contributed by atoms with Crippen LogP contribution in [0, 0.1) is 6.92 Å². The van der Waals surface area contributed by atoms with Gasteiger partial charge in [-0.15, -0.1) is 11.3 Å². The number of hydrogen-bond acceptors (Lipinski definition) is 5. The Balaban J connectivity index is 2.13. The van der Waals surface area contributed by atoms with Crippen LogP contribution < -0.4 is 16.4 Å². The van der Waals surface area contributed by atoms with E-state index >= 15 is 0 Å². The van der Waals surface area contributed by atoms with E-state index in [1.54, 1.807) is 6.20 Å². The molecule has 0 bridgehead atoms. The molecule has 4 N–H and O–H groups in total. The Morgan fingerprint density at radius 3 is 2.70 bits per heavy atom. The molecule has 7 heteroatoms. The fourth-order valence-electron chi connectivity index (χ4n) is 1.87. The second-order valence-corrected chi connectivity index (χ2v) is 5.39. The molecule has 6 nitrogen and oxygen atoms in total. The van der Waals surface area contributed by atoms with E-state index in [2.05, 4.69) is 15.6 Å². The number of carbonyl (C=O) groups is 2. The van der Waals surface area contributed by atoms with Crippen LogP contribution in [0.15, 0.2) is 12.3 Å². The summed E-state index contributed by atoms with van der Waals surface area (Å²) in [5, 5.41) is 6.17. The van der Waals surface area contributed by atoms with Gasteiger partial charge in [0, 0.05) is 31.6 Å². The zero-order chi connectivity index (χ0) is 14.7. The normalized spacial score (nSPS) is 10.5. The number of anilines is 1. The fourth-order valence-corrected chi connectivity index (χ4v) is 2.92. The monoisotopic (exact) mass is 292 g/mol. The van der Waals surface area contributed by atoms with Gasteiger partial charge in [0.2, 0.25) is 5.91 Å². The van der Waals surface area contributed by atoms with Crippen LogP contribution in [-0.4, -0.2) is 29.9 Å². The largest absolute Gasteiger partial charge is 0.397 e. The smallest absolute Gasteiger partial charge is 0.263 e. The van der Waals surface area contributed by atoms with Crippen molar-refractivity contribution in [3.63, 3.8) is 0 Å². The molecule has 0 aliphatic carbocycles. The van der Waals surface area contributed by atoms with Gasteiger partial charge in [0.25, 0.3) is 5.91 Å². The van der Waals surface area contributed by atoms with Gasteiger partial charge in [-0.3, -0.25) is 9.59 Å². The van der Waals surface area contributed by atoms with Gasteiger partial charge in [-0.25, -0.2) is 4.98 Å². The van der Waals surface area contributed by atoms with Gasteiger partial charge in [-0.1, -0.05) is 0 Å². The van der Waals surface area contributed by atoms with Gasteiger partial charge in [-0.05, 0) is 18.6 Å².